The van der Waals surface area contributed by atoms with Crippen LogP contribution in [0, 0.1) is 11.6 Å². The highest BCUT2D eigenvalue weighted by Crippen LogP contribution is 2.27. The number of nitrogens with one attached hydrogen (secondary N) is 1. The van der Waals surface area contributed by atoms with E-state index in [0.29, 0.717) is 6.07 Å². The Morgan fingerprint density at radius 2 is 1.81 bits per heavy atom. The summed E-state index contributed by atoms with van der Waals surface area (Å²) in [5.74, 6) is -4.11. The summed E-state index contributed by atoms with van der Waals surface area (Å²) < 4.78 is 26.3. The highest BCUT2D eigenvalue weighted by Gasteiger charge is 2.18. The maximum absolute atomic E-state index is 13.5. The van der Waals surface area contributed by atoms with Gasteiger partial charge in [-0.25, -0.2) is 13.6 Å². The first-order valence-electron chi connectivity index (χ1n) is 5.68. The van der Waals surface area contributed by atoms with Crippen LogP contribution < -0.4 is 5.32 Å². The number of para-hydroxylation sites is 1. The van der Waals surface area contributed by atoms with Gasteiger partial charge in [0.1, 0.15) is 11.6 Å². The number of amides is 1. The first-order valence-corrected chi connectivity index (χ1v) is 6.06. The van der Waals surface area contributed by atoms with Gasteiger partial charge in [0, 0.05) is 6.07 Å². The molecule has 0 fully saturated rings. The van der Waals surface area contributed by atoms with Crippen molar-refractivity contribution in [1.29, 1.82) is 0 Å². The van der Waals surface area contributed by atoms with Gasteiger partial charge < -0.3 is 10.4 Å². The minimum atomic E-state index is -1.30. The number of halogens is 3. The molecule has 0 aromatic heterocycles. The van der Waals surface area contributed by atoms with Gasteiger partial charge in [-0.05, 0) is 24.3 Å². The molecule has 0 unspecified atom stereocenters. The fourth-order valence-electron chi connectivity index (χ4n) is 1.68. The Kier molecular flexibility index (Phi) is 4.18. The first-order chi connectivity index (χ1) is 9.90. The molecule has 108 valence electrons. The third-order valence-corrected chi connectivity index (χ3v) is 2.97. The van der Waals surface area contributed by atoms with Crippen LogP contribution in [0.2, 0.25) is 5.02 Å². The second-order valence-electron chi connectivity index (χ2n) is 4.05. The van der Waals surface area contributed by atoms with Gasteiger partial charge in [-0.2, -0.15) is 0 Å². The van der Waals surface area contributed by atoms with E-state index < -0.39 is 29.1 Å². The van der Waals surface area contributed by atoms with E-state index in [4.69, 9.17) is 16.7 Å². The van der Waals surface area contributed by atoms with Crippen LogP contribution in [0.25, 0.3) is 0 Å². The molecule has 1 amide bonds. The van der Waals surface area contributed by atoms with Crippen LogP contribution in [0.4, 0.5) is 14.5 Å². The second-order valence-corrected chi connectivity index (χ2v) is 4.45. The molecule has 2 aromatic rings. The minimum Gasteiger partial charge on any atom is -0.478 e. The summed E-state index contributed by atoms with van der Waals surface area (Å²) in [6.07, 6.45) is 0. The Hall–Kier alpha value is -2.47. The summed E-state index contributed by atoms with van der Waals surface area (Å²) in [5, 5.41) is 11.2. The standard InChI is InChI=1S/C14H8ClF2NO3/c15-10-3-1-2-9(14(20)21)12(10)18-13(19)8-5-4-7(16)6-11(8)17/h1-6H,(H,18,19)(H,20,21). The lowest BCUT2D eigenvalue weighted by molar-refractivity contribution is 0.0698. The van der Waals surface area contributed by atoms with E-state index in [1.165, 1.54) is 18.2 Å². The summed E-state index contributed by atoms with van der Waals surface area (Å²) in [7, 11) is 0. The Bertz CT molecular complexity index is 734. The molecular formula is C14H8ClF2NO3. The molecule has 2 rings (SSSR count). The molecular weight excluding hydrogens is 304 g/mol. The van der Waals surface area contributed by atoms with Crippen LogP contribution in [-0.4, -0.2) is 17.0 Å². The number of aromatic carboxylic acids is 1. The van der Waals surface area contributed by atoms with E-state index in [0.717, 1.165) is 12.1 Å². The number of carboxylic acid groups (broad SMARTS) is 1. The molecule has 0 aliphatic rings. The van der Waals surface area contributed by atoms with E-state index in [9.17, 15) is 18.4 Å². The fourth-order valence-corrected chi connectivity index (χ4v) is 1.91. The van der Waals surface area contributed by atoms with Gasteiger partial charge in [0.15, 0.2) is 0 Å². The molecule has 0 spiro atoms. The van der Waals surface area contributed by atoms with Gasteiger partial charge in [-0.15, -0.1) is 0 Å². The lowest BCUT2D eigenvalue weighted by Crippen LogP contribution is -2.16. The molecule has 4 nitrogen and oxygen atoms in total. The molecule has 21 heavy (non-hydrogen) atoms. The van der Waals surface area contributed by atoms with Gasteiger partial charge in [0.25, 0.3) is 5.91 Å². The molecule has 7 heteroatoms. The smallest absolute Gasteiger partial charge is 0.337 e. The zero-order chi connectivity index (χ0) is 15.6. The van der Waals surface area contributed by atoms with Crippen molar-refractivity contribution >= 4 is 29.2 Å². The highest BCUT2D eigenvalue weighted by molar-refractivity contribution is 6.34. The highest BCUT2D eigenvalue weighted by atomic mass is 35.5. The minimum absolute atomic E-state index is 0.00855. The quantitative estimate of drug-likeness (QED) is 0.910. The number of rotatable bonds is 3. The van der Waals surface area contributed by atoms with Crippen LogP contribution in [0.3, 0.4) is 0 Å². The van der Waals surface area contributed by atoms with Crippen molar-refractivity contribution in [2.75, 3.05) is 5.32 Å². The molecule has 0 aliphatic heterocycles. The number of hydrogen-bond donors (Lipinski definition) is 2. The van der Waals surface area contributed by atoms with E-state index >= 15 is 0 Å². The second kappa shape index (κ2) is 5.88. The fraction of sp³-hybridized carbons (Fsp3) is 0. The van der Waals surface area contributed by atoms with E-state index in [1.807, 2.05) is 0 Å². The maximum Gasteiger partial charge on any atom is 0.337 e. The lowest BCUT2D eigenvalue weighted by Gasteiger charge is -2.10. The predicted molar refractivity (Wildman–Crippen MR) is 72.7 cm³/mol. The van der Waals surface area contributed by atoms with E-state index in [1.54, 1.807) is 0 Å². The molecule has 0 bridgehead atoms. The monoisotopic (exact) mass is 311 g/mol. The molecule has 0 saturated carbocycles. The zero-order valence-electron chi connectivity index (χ0n) is 10.4. The maximum atomic E-state index is 13.5. The molecule has 0 heterocycles. The van der Waals surface area contributed by atoms with Crippen molar-refractivity contribution in [2.45, 2.75) is 0 Å². The van der Waals surface area contributed by atoms with Crippen molar-refractivity contribution in [3.8, 4) is 0 Å². The Labute approximate surface area is 123 Å². The van der Waals surface area contributed by atoms with Crippen LogP contribution >= 0.6 is 11.6 Å². The van der Waals surface area contributed by atoms with E-state index in [2.05, 4.69) is 5.32 Å². The van der Waals surface area contributed by atoms with Crippen LogP contribution in [-0.2, 0) is 0 Å². The number of carbonyl (C=O) groups is 2. The third kappa shape index (κ3) is 3.17. The van der Waals surface area contributed by atoms with Gasteiger partial charge in [-0.3, -0.25) is 4.79 Å². The number of anilines is 1. The summed E-state index contributed by atoms with van der Waals surface area (Å²) in [4.78, 5) is 23.0. The molecule has 0 radical (unpaired) electrons. The Balaban J connectivity index is 2.38. The SMILES string of the molecule is O=C(Nc1c(Cl)cccc1C(=O)O)c1ccc(F)cc1F. The number of carbonyl (C=O) groups excluding carboxylic acids is 1. The summed E-state index contributed by atoms with van der Waals surface area (Å²) >= 11 is 5.84. The lowest BCUT2D eigenvalue weighted by atomic mass is 10.1. The molecule has 0 saturated heterocycles. The van der Waals surface area contributed by atoms with Crippen molar-refractivity contribution in [3.05, 3.63) is 64.2 Å². The Morgan fingerprint density at radius 3 is 2.43 bits per heavy atom. The molecule has 2 aromatic carbocycles. The largest absolute Gasteiger partial charge is 0.478 e. The van der Waals surface area contributed by atoms with Crippen molar-refractivity contribution in [1.82, 2.24) is 0 Å². The number of benzene rings is 2. The van der Waals surface area contributed by atoms with Crippen LogP contribution in [0.15, 0.2) is 36.4 Å². The van der Waals surface area contributed by atoms with Crippen molar-refractivity contribution in [2.24, 2.45) is 0 Å². The number of carboxylic acids is 1. The van der Waals surface area contributed by atoms with Crippen LogP contribution in [0.5, 0.6) is 0 Å². The average molecular weight is 312 g/mol. The zero-order valence-corrected chi connectivity index (χ0v) is 11.1. The first kappa shape index (κ1) is 14.9. The van der Waals surface area contributed by atoms with Crippen LogP contribution in [0.1, 0.15) is 20.7 Å². The van der Waals surface area contributed by atoms with E-state index in [-0.39, 0.29) is 16.3 Å². The normalized spacial score (nSPS) is 10.2. The predicted octanol–water partition coefficient (Wildman–Crippen LogP) is 3.57. The molecule has 0 aliphatic carbocycles. The van der Waals surface area contributed by atoms with Gasteiger partial charge >= 0.3 is 5.97 Å². The summed E-state index contributed by atoms with van der Waals surface area (Å²) in [6.45, 7) is 0. The van der Waals surface area contributed by atoms with Gasteiger partial charge in [-0.1, -0.05) is 17.7 Å². The summed E-state index contributed by atoms with van der Waals surface area (Å²) in [6, 6.07) is 6.45. The molecule has 2 N–H and O–H groups in total. The van der Waals surface area contributed by atoms with Gasteiger partial charge in [0.2, 0.25) is 0 Å². The average Bonchev–Trinajstić information content (AvgIpc) is 2.40. The number of hydrogen-bond acceptors (Lipinski definition) is 2. The Morgan fingerprint density at radius 1 is 1.10 bits per heavy atom. The topological polar surface area (TPSA) is 66.4 Å². The third-order valence-electron chi connectivity index (χ3n) is 2.66. The van der Waals surface area contributed by atoms with Gasteiger partial charge in [0.05, 0.1) is 21.8 Å². The van der Waals surface area contributed by atoms with Crippen molar-refractivity contribution in [3.63, 3.8) is 0 Å². The summed E-state index contributed by atoms with van der Waals surface area (Å²) in [5.41, 5.74) is -0.813. The van der Waals surface area contributed by atoms with Crippen molar-refractivity contribution < 1.29 is 23.5 Å². The molecule has 0 atom stereocenters.